The van der Waals surface area contributed by atoms with E-state index in [9.17, 15) is 0 Å². The molecule has 0 spiro atoms. The van der Waals surface area contributed by atoms with E-state index < -0.39 is 0 Å². The van der Waals surface area contributed by atoms with E-state index in [1.165, 1.54) is 16.5 Å². The molecule has 0 unspecified atom stereocenters. The summed E-state index contributed by atoms with van der Waals surface area (Å²) < 4.78 is 6.44. The van der Waals surface area contributed by atoms with Crippen LogP contribution < -0.4 is 9.80 Å². The number of rotatable bonds is 2. The maximum Gasteiger partial charge on any atom is 0.159 e. The van der Waals surface area contributed by atoms with Gasteiger partial charge in [0.25, 0.3) is 0 Å². The highest BCUT2D eigenvalue weighted by Crippen LogP contribution is 2.41. The van der Waals surface area contributed by atoms with Gasteiger partial charge >= 0.3 is 0 Å². The van der Waals surface area contributed by atoms with E-state index in [4.69, 9.17) is 4.42 Å². The van der Waals surface area contributed by atoms with Crippen LogP contribution >= 0.6 is 0 Å². The molecule has 0 fully saturated rings. The highest BCUT2D eigenvalue weighted by molar-refractivity contribution is 6.14. The molecule has 3 heterocycles. The van der Waals surface area contributed by atoms with Crippen LogP contribution in [0.25, 0.3) is 32.7 Å². The molecular formula is C24H22N4O. The highest BCUT2D eigenvalue weighted by atomic mass is 16.3. The van der Waals surface area contributed by atoms with Crippen LogP contribution in [0.1, 0.15) is 0 Å². The smallest absolute Gasteiger partial charge is 0.159 e. The van der Waals surface area contributed by atoms with Crippen LogP contribution in [0.5, 0.6) is 0 Å². The largest absolute Gasteiger partial charge is 0.454 e. The normalized spacial score (nSPS) is 16.5. The predicted octanol–water partition coefficient (Wildman–Crippen LogP) is 5.10. The zero-order valence-corrected chi connectivity index (χ0v) is 16.5. The first-order valence-electron chi connectivity index (χ1n) is 9.85. The van der Waals surface area contributed by atoms with Crippen molar-refractivity contribution in [2.45, 2.75) is 0 Å². The SMILES string of the molecule is CN1C=CN(c2cc(N3C=CN(C)C3)c3oc4cc5ccccc5cc4c3c2)C1. The third-order valence-electron chi connectivity index (χ3n) is 5.80. The summed E-state index contributed by atoms with van der Waals surface area (Å²) in [5.74, 6) is 0. The molecule has 1 aromatic heterocycles. The second-order valence-electron chi connectivity index (χ2n) is 7.97. The molecule has 0 atom stereocenters. The van der Waals surface area contributed by atoms with Gasteiger partial charge in [0.05, 0.1) is 19.0 Å². The molecule has 6 rings (SSSR count). The Morgan fingerprint density at radius 1 is 0.724 bits per heavy atom. The predicted molar refractivity (Wildman–Crippen MR) is 120 cm³/mol. The molecular weight excluding hydrogens is 360 g/mol. The Bertz CT molecular complexity index is 1320. The second kappa shape index (κ2) is 5.95. The molecule has 0 N–H and O–H groups in total. The summed E-state index contributed by atoms with van der Waals surface area (Å²) in [6.45, 7) is 1.66. The van der Waals surface area contributed by atoms with Crippen molar-refractivity contribution in [3.8, 4) is 0 Å². The zero-order valence-electron chi connectivity index (χ0n) is 16.5. The van der Waals surface area contributed by atoms with Crippen molar-refractivity contribution in [1.29, 1.82) is 0 Å². The van der Waals surface area contributed by atoms with Crippen LogP contribution in [0, 0.1) is 0 Å². The van der Waals surface area contributed by atoms with Crippen molar-refractivity contribution in [3.05, 3.63) is 73.3 Å². The number of benzene rings is 3. The third-order valence-corrected chi connectivity index (χ3v) is 5.80. The number of anilines is 2. The Labute approximate surface area is 169 Å². The summed E-state index contributed by atoms with van der Waals surface area (Å²) in [6.07, 6.45) is 8.45. The molecule has 4 aromatic rings. The van der Waals surface area contributed by atoms with Gasteiger partial charge in [-0.2, -0.15) is 0 Å². The molecule has 0 amide bonds. The lowest BCUT2D eigenvalue weighted by Crippen LogP contribution is -2.23. The molecule has 2 aliphatic heterocycles. The summed E-state index contributed by atoms with van der Waals surface area (Å²) in [6, 6.07) is 17.4. The Morgan fingerprint density at radius 2 is 1.41 bits per heavy atom. The first kappa shape index (κ1) is 16.4. The molecule has 5 heteroatoms. The zero-order chi connectivity index (χ0) is 19.5. The fraction of sp³-hybridized carbons (Fsp3) is 0.167. The van der Waals surface area contributed by atoms with Gasteiger partial charge in [-0.3, -0.25) is 0 Å². The van der Waals surface area contributed by atoms with Crippen LogP contribution in [0.2, 0.25) is 0 Å². The molecule has 144 valence electrons. The lowest BCUT2D eigenvalue weighted by molar-refractivity contribution is 0.494. The average molecular weight is 382 g/mol. The molecule has 29 heavy (non-hydrogen) atoms. The van der Waals surface area contributed by atoms with Gasteiger partial charge in [-0.05, 0) is 35.0 Å². The van der Waals surface area contributed by atoms with Crippen molar-refractivity contribution in [1.82, 2.24) is 9.80 Å². The Kier molecular flexibility index (Phi) is 3.36. The number of hydrogen-bond donors (Lipinski definition) is 0. The monoisotopic (exact) mass is 382 g/mol. The molecule has 0 saturated heterocycles. The molecule has 2 aliphatic rings. The standard InChI is InChI=1S/C24H22N4O/c1-25-7-9-27(15-25)19-13-21-20-11-17-5-3-4-6-18(17)12-23(20)29-24(21)22(14-19)28-10-8-26(2)16-28/h3-14H,15-16H2,1-2H3. The fourth-order valence-corrected chi connectivity index (χ4v) is 4.29. The average Bonchev–Trinajstić information content (AvgIpc) is 3.44. The van der Waals surface area contributed by atoms with Gasteiger partial charge in [-0.25, -0.2) is 0 Å². The van der Waals surface area contributed by atoms with Crippen LogP contribution in [-0.2, 0) is 0 Å². The Hall–Kier alpha value is -3.60. The Balaban J connectivity index is 1.63. The summed E-state index contributed by atoms with van der Waals surface area (Å²) in [4.78, 5) is 8.86. The number of furan rings is 1. The van der Waals surface area contributed by atoms with Gasteiger partial charge in [-0.15, -0.1) is 0 Å². The minimum atomic E-state index is 0.813. The van der Waals surface area contributed by atoms with Gasteiger partial charge in [0.15, 0.2) is 5.58 Å². The van der Waals surface area contributed by atoms with Gasteiger partial charge < -0.3 is 24.0 Å². The molecule has 0 radical (unpaired) electrons. The van der Waals surface area contributed by atoms with Crippen molar-refractivity contribution in [3.63, 3.8) is 0 Å². The maximum absolute atomic E-state index is 6.44. The van der Waals surface area contributed by atoms with Crippen molar-refractivity contribution < 1.29 is 4.42 Å². The second-order valence-corrected chi connectivity index (χ2v) is 7.97. The van der Waals surface area contributed by atoms with Gasteiger partial charge in [0.1, 0.15) is 5.58 Å². The van der Waals surface area contributed by atoms with Crippen LogP contribution in [0.4, 0.5) is 11.4 Å². The van der Waals surface area contributed by atoms with E-state index in [2.05, 4.69) is 107 Å². The summed E-state index contributed by atoms with van der Waals surface area (Å²) in [7, 11) is 4.18. The van der Waals surface area contributed by atoms with E-state index in [0.717, 1.165) is 41.0 Å². The van der Waals surface area contributed by atoms with E-state index in [-0.39, 0.29) is 0 Å². The summed E-state index contributed by atoms with van der Waals surface area (Å²) in [5, 5.41) is 4.75. The Morgan fingerprint density at radius 3 is 2.10 bits per heavy atom. The quantitative estimate of drug-likeness (QED) is 0.481. The molecule has 3 aromatic carbocycles. The fourth-order valence-electron chi connectivity index (χ4n) is 4.29. The number of hydrogen-bond acceptors (Lipinski definition) is 5. The third kappa shape index (κ3) is 2.54. The van der Waals surface area contributed by atoms with Gasteiger partial charge in [0.2, 0.25) is 0 Å². The maximum atomic E-state index is 6.44. The van der Waals surface area contributed by atoms with E-state index in [1.807, 2.05) is 0 Å². The lowest BCUT2D eigenvalue weighted by Gasteiger charge is -2.23. The van der Waals surface area contributed by atoms with Crippen LogP contribution in [0.3, 0.4) is 0 Å². The summed E-state index contributed by atoms with van der Waals surface area (Å²) >= 11 is 0. The first-order valence-corrected chi connectivity index (χ1v) is 9.85. The minimum Gasteiger partial charge on any atom is -0.454 e. The van der Waals surface area contributed by atoms with Crippen molar-refractivity contribution in [2.75, 3.05) is 37.2 Å². The van der Waals surface area contributed by atoms with Crippen molar-refractivity contribution in [2.24, 2.45) is 0 Å². The minimum absolute atomic E-state index is 0.813. The summed E-state index contributed by atoms with van der Waals surface area (Å²) in [5.41, 5.74) is 4.14. The van der Waals surface area contributed by atoms with Gasteiger partial charge in [-0.1, -0.05) is 24.3 Å². The first-order chi connectivity index (χ1) is 14.2. The van der Waals surface area contributed by atoms with E-state index >= 15 is 0 Å². The topological polar surface area (TPSA) is 26.1 Å². The van der Waals surface area contributed by atoms with Gasteiger partial charge in [0, 0.05) is 55.4 Å². The molecule has 0 saturated carbocycles. The van der Waals surface area contributed by atoms with E-state index in [1.54, 1.807) is 0 Å². The van der Waals surface area contributed by atoms with Crippen LogP contribution in [-0.4, -0.2) is 37.2 Å². The molecule has 5 nitrogen and oxygen atoms in total. The number of nitrogens with zero attached hydrogens (tertiary/aromatic N) is 4. The van der Waals surface area contributed by atoms with Crippen LogP contribution in [0.15, 0.2) is 77.7 Å². The molecule has 0 aliphatic carbocycles. The highest BCUT2D eigenvalue weighted by Gasteiger charge is 2.22. The number of fused-ring (bicyclic) bond motifs is 4. The van der Waals surface area contributed by atoms with Crippen molar-refractivity contribution >= 4 is 44.1 Å². The lowest BCUT2D eigenvalue weighted by atomic mass is 10.1. The van der Waals surface area contributed by atoms with E-state index in [0.29, 0.717) is 0 Å². The molecule has 0 bridgehead atoms.